The number of benzene rings is 2. The Morgan fingerprint density at radius 2 is 1.61 bits per heavy atom. The van der Waals surface area contributed by atoms with Crippen LogP contribution >= 0.6 is 11.3 Å². The first-order valence-electron chi connectivity index (χ1n) is 13.6. The molecule has 2 aromatic carbocycles. The van der Waals surface area contributed by atoms with Crippen molar-refractivity contribution in [2.75, 3.05) is 12.3 Å². The van der Waals surface area contributed by atoms with Crippen LogP contribution in [0.4, 0.5) is 15.3 Å². The van der Waals surface area contributed by atoms with Crippen LogP contribution in [0.3, 0.4) is 0 Å². The van der Waals surface area contributed by atoms with Crippen LogP contribution in [0.15, 0.2) is 72.1 Å². The zero-order valence-electron chi connectivity index (χ0n) is 23.9. The van der Waals surface area contributed by atoms with Gasteiger partial charge >= 0.3 is 12.2 Å². The van der Waals surface area contributed by atoms with Crippen molar-refractivity contribution in [3.63, 3.8) is 0 Å². The molecule has 0 aliphatic rings. The third kappa shape index (κ3) is 9.24. The minimum atomic E-state index is -1.53. The van der Waals surface area contributed by atoms with Crippen molar-refractivity contribution >= 4 is 35.1 Å². The van der Waals surface area contributed by atoms with Crippen molar-refractivity contribution in [1.82, 2.24) is 10.2 Å². The quantitative estimate of drug-likeness (QED) is 0.172. The molecule has 3 aromatic rings. The smallest absolute Gasteiger partial charge is 0.407 e. The molecule has 0 unspecified atom stereocenters. The van der Waals surface area contributed by atoms with Crippen molar-refractivity contribution in [2.24, 2.45) is 11.1 Å². The van der Waals surface area contributed by atoms with Gasteiger partial charge in [-0.1, -0.05) is 69.3 Å². The minimum Gasteiger partial charge on any atom is -0.445 e. The number of ether oxygens (including phenoxy) is 2. The van der Waals surface area contributed by atoms with Crippen molar-refractivity contribution < 1.29 is 23.9 Å². The molecule has 3 rings (SSSR count). The Kier molecular flexibility index (Phi) is 11.2. The first-order valence-corrected chi connectivity index (χ1v) is 14.5. The average molecular weight is 581 g/mol. The number of amides is 3. The highest BCUT2D eigenvalue weighted by Crippen LogP contribution is 2.40. The molecule has 1 atom stereocenters. The molecule has 9 nitrogen and oxygen atoms in total. The zero-order valence-corrected chi connectivity index (χ0v) is 24.7. The van der Waals surface area contributed by atoms with E-state index in [1.54, 1.807) is 28.4 Å². The molecule has 1 aromatic heterocycles. The van der Waals surface area contributed by atoms with E-state index in [4.69, 9.17) is 20.9 Å². The molecule has 0 aliphatic carbocycles. The Bertz CT molecular complexity index is 1260. The summed E-state index contributed by atoms with van der Waals surface area (Å²) in [6.45, 7) is 6.73. The fraction of sp³-hybridized carbons (Fsp3) is 0.387. The number of nitrogen functional groups attached to an aromatic ring is 1. The first kappa shape index (κ1) is 31.5. The van der Waals surface area contributed by atoms with E-state index < -0.39 is 23.2 Å². The number of carbonyl (C=O) groups excluding carboxylic acids is 3. The second-order valence-electron chi connectivity index (χ2n) is 10.9. The number of hydrogen-bond acceptors (Lipinski definition) is 7. The Labute approximate surface area is 245 Å². The van der Waals surface area contributed by atoms with Crippen molar-refractivity contribution in [3.05, 3.63) is 88.1 Å². The number of anilines is 1. The summed E-state index contributed by atoms with van der Waals surface area (Å²) < 4.78 is 11.0. The van der Waals surface area contributed by atoms with Crippen molar-refractivity contribution in [1.29, 1.82) is 0 Å². The number of carbonyl (C=O) groups is 3. The molecular formula is C31H40N4O5S. The number of hydrogen-bond donors (Lipinski definition) is 3. The summed E-state index contributed by atoms with van der Waals surface area (Å²) in [4.78, 5) is 41.5. The maximum Gasteiger partial charge on any atom is 0.407 e. The summed E-state index contributed by atoms with van der Waals surface area (Å²) in [5, 5.41) is 4.69. The molecule has 41 heavy (non-hydrogen) atoms. The summed E-state index contributed by atoms with van der Waals surface area (Å²) in [6.07, 6.45) is -0.284. The first-order chi connectivity index (χ1) is 19.5. The van der Waals surface area contributed by atoms with Gasteiger partial charge in [0.1, 0.15) is 6.61 Å². The lowest BCUT2D eigenvalue weighted by atomic mass is 9.72. The minimum absolute atomic E-state index is 0.175. The number of nitrogens with two attached hydrogens (primary N) is 2. The lowest BCUT2D eigenvalue weighted by molar-refractivity contribution is -0.166. The lowest BCUT2D eigenvalue weighted by Crippen LogP contribution is -2.59. The molecule has 0 radical (unpaired) electrons. The van der Waals surface area contributed by atoms with E-state index in [2.05, 4.69) is 5.32 Å². The molecule has 1 heterocycles. The van der Waals surface area contributed by atoms with Crippen molar-refractivity contribution in [2.45, 2.75) is 65.3 Å². The molecule has 0 saturated carbocycles. The van der Waals surface area contributed by atoms with Crippen LogP contribution in [0.1, 0.15) is 56.0 Å². The molecule has 0 spiro atoms. The summed E-state index contributed by atoms with van der Waals surface area (Å²) in [5.74, 6) is -0.329. The van der Waals surface area contributed by atoms with E-state index in [9.17, 15) is 14.4 Å². The second kappa shape index (κ2) is 14.5. The third-order valence-corrected chi connectivity index (χ3v) is 7.70. The van der Waals surface area contributed by atoms with Gasteiger partial charge in [-0.3, -0.25) is 4.79 Å². The SMILES string of the molecule is CC(C)(C)[C@@](CCCCNC(=O)OCc1ccccc1)(OC(N)=O)C(=O)N(Cc1ccc(N)cc1)Cc1cccs1. The molecule has 220 valence electrons. The highest BCUT2D eigenvalue weighted by Gasteiger charge is 2.53. The van der Waals surface area contributed by atoms with Gasteiger partial charge in [-0.25, -0.2) is 9.59 Å². The summed E-state index contributed by atoms with van der Waals surface area (Å²) in [7, 11) is 0. The number of unbranched alkanes of at least 4 members (excludes halogenated alkanes) is 1. The maximum atomic E-state index is 14.4. The molecular weight excluding hydrogens is 540 g/mol. The van der Waals surface area contributed by atoms with Crippen LogP contribution in [0.5, 0.6) is 0 Å². The van der Waals surface area contributed by atoms with Crippen LogP contribution in [0, 0.1) is 5.41 Å². The normalized spacial score (nSPS) is 12.7. The molecule has 0 saturated heterocycles. The van der Waals surface area contributed by atoms with Gasteiger partial charge in [0.25, 0.3) is 5.91 Å². The van der Waals surface area contributed by atoms with Gasteiger partial charge in [0.05, 0.1) is 6.54 Å². The highest BCUT2D eigenvalue weighted by atomic mass is 32.1. The van der Waals surface area contributed by atoms with Crippen LogP contribution < -0.4 is 16.8 Å². The molecule has 0 aliphatic heterocycles. The topological polar surface area (TPSA) is 137 Å². The zero-order chi connectivity index (χ0) is 29.9. The number of primary amides is 1. The van der Waals surface area contributed by atoms with E-state index in [-0.39, 0.29) is 18.9 Å². The predicted octanol–water partition coefficient (Wildman–Crippen LogP) is 5.84. The van der Waals surface area contributed by atoms with E-state index in [0.29, 0.717) is 38.2 Å². The molecule has 10 heteroatoms. The largest absolute Gasteiger partial charge is 0.445 e. The summed E-state index contributed by atoms with van der Waals surface area (Å²) >= 11 is 1.54. The van der Waals surface area contributed by atoms with Crippen LogP contribution in [0.25, 0.3) is 0 Å². The number of nitrogens with zero attached hydrogens (tertiary/aromatic N) is 1. The second-order valence-corrected chi connectivity index (χ2v) is 12.0. The lowest BCUT2D eigenvalue weighted by Gasteiger charge is -2.44. The van der Waals surface area contributed by atoms with Gasteiger partial charge in [0.2, 0.25) is 0 Å². The number of alkyl carbamates (subject to hydrolysis) is 1. The van der Waals surface area contributed by atoms with E-state index in [0.717, 1.165) is 16.0 Å². The van der Waals surface area contributed by atoms with E-state index >= 15 is 0 Å². The number of rotatable bonds is 13. The summed E-state index contributed by atoms with van der Waals surface area (Å²) in [6, 6.07) is 20.6. The Hall–Kier alpha value is -4.05. The fourth-order valence-electron chi connectivity index (χ4n) is 4.57. The highest BCUT2D eigenvalue weighted by molar-refractivity contribution is 7.09. The fourth-order valence-corrected chi connectivity index (χ4v) is 5.29. The van der Waals surface area contributed by atoms with Gasteiger partial charge in [-0.2, -0.15) is 0 Å². The standard InChI is InChI=1S/C31H40N4O5S/c1-30(2,3)31(40-28(33)37,17-7-8-18-34-29(38)39-22-24-10-5-4-6-11-24)27(36)35(21-26-12-9-19-41-26)20-23-13-15-25(32)16-14-23/h4-6,9-16,19H,7-8,17-18,20-22,32H2,1-3H3,(H2,33,37)(H,34,38)/t31-/m0/s1. The molecule has 3 amide bonds. The number of nitrogens with one attached hydrogen (secondary N) is 1. The summed E-state index contributed by atoms with van der Waals surface area (Å²) in [5.41, 5.74) is 11.5. The van der Waals surface area contributed by atoms with Gasteiger partial charge in [-0.05, 0) is 54.0 Å². The van der Waals surface area contributed by atoms with Gasteiger partial charge < -0.3 is 31.2 Å². The van der Waals surface area contributed by atoms with E-state index in [1.807, 2.05) is 80.7 Å². The predicted molar refractivity (Wildman–Crippen MR) is 161 cm³/mol. The molecule has 0 bridgehead atoms. The van der Waals surface area contributed by atoms with Gasteiger partial charge in [0, 0.05) is 29.1 Å². The van der Waals surface area contributed by atoms with Gasteiger partial charge in [-0.15, -0.1) is 11.3 Å². The van der Waals surface area contributed by atoms with Crippen molar-refractivity contribution in [3.8, 4) is 0 Å². The Balaban J connectivity index is 1.72. The molecule has 0 fully saturated rings. The maximum absolute atomic E-state index is 14.4. The monoisotopic (exact) mass is 580 g/mol. The Morgan fingerprint density at radius 3 is 2.22 bits per heavy atom. The molecule has 5 N–H and O–H groups in total. The van der Waals surface area contributed by atoms with Crippen LogP contribution in [-0.2, 0) is 34.0 Å². The average Bonchev–Trinajstić information content (AvgIpc) is 3.44. The number of thiophene rings is 1. The Morgan fingerprint density at radius 1 is 0.902 bits per heavy atom. The van der Waals surface area contributed by atoms with Gasteiger partial charge in [0.15, 0.2) is 5.60 Å². The third-order valence-electron chi connectivity index (χ3n) is 6.84. The van der Waals surface area contributed by atoms with E-state index in [1.165, 1.54) is 0 Å². The van der Waals surface area contributed by atoms with Crippen LogP contribution in [0.2, 0.25) is 0 Å². The van der Waals surface area contributed by atoms with Crippen LogP contribution in [-0.4, -0.2) is 35.1 Å².